The predicted molar refractivity (Wildman–Crippen MR) is 46.0 cm³/mol. The molecule has 2 aromatic rings. The smallest absolute Gasteiger partial charge is 0.214 e. The maximum Gasteiger partial charge on any atom is 0.214 e. The molecular weight excluding hydrogens is 188 g/mol. The van der Waals surface area contributed by atoms with Gasteiger partial charge in [0, 0.05) is 0 Å². The summed E-state index contributed by atoms with van der Waals surface area (Å²) in [5.74, 6) is 0. The van der Waals surface area contributed by atoms with Gasteiger partial charge in [-0.2, -0.15) is 10.2 Å². The summed E-state index contributed by atoms with van der Waals surface area (Å²) >= 11 is 4.81. The van der Waals surface area contributed by atoms with Crippen LogP contribution in [0.4, 0.5) is 0 Å². The zero-order valence-corrected chi connectivity index (χ0v) is 7.19. The molecule has 0 aliphatic carbocycles. The van der Waals surface area contributed by atoms with E-state index in [-0.39, 0.29) is 0 Å². The van der Waals surface area contributed by atoms with Gasteiger partial charge >= 0.3 is 0 Å². The van der Waals surface area contributed by atoms with E-state index in [4.69, 9.17) is 12.2 Å². The lowest BCUT2D eigenvalue weighted by Gasteiger charge is -1.94. The van der Waals surface area contributed by atoms with Crippen LogP contribution in [0.25, 0.3) is 11.4 Å². The van der Waals surface area contributed by atoms with Crippen molar-refractivity contribution in [2.75, 3.05) is 0 Å². The summed E-state index contributed by atoms with van der Waals surface area (Å²) in [6.07, 6.45) is 4.37. The number of hydrogen-bond acceptors (Lipinski definition) is 6. The van der Waals surface area contributed by atoms with E-state index in [2.05, 4.69) is 30.4 Å². The summed E-state index contributed by atoms with van der Waals surface area (Å²) in [6.45, 7) is 0. The Kier molecular flexibility index (Phi) is 2.01. The Morgan fingerprint density at radius 1 is 1.15 bits per heavy atom. The summed E-state index contributed by atoms with van der Waals surface area (Å²) in [7, 11) is 0. The highest BCUT2D eigenvalue weighted by molar-refractivity contribution is 7.71. The number of rotatable bonds is 1. The van der Waals surface area contributed by atoms with Gasteiger partial charge < -0.3 is 0 Å². The van der Waals surface area contributed by atoms with E-state index >= 15 is 0 Å². The molecule has 0 saturated heterocycles. The summed E-state index contributed by atoms with van der Waals surface area (Å²) in [5, 5.41) is 13.5. The largest absolute Gasteiger partial charge is 0.252 e. The van der Waals surface area contributed by atoms with Crippen LogP contribution in [0.2, 0.25) is 0 Å². The molecule has 0 radical (unpaired) electrons. The molecule has 0 aliphatic rings. The van der Waals surface area contributed by atoms with Gasteiger partial charge in [0.2, 0.25) is 4.77 Å². The molecule has 0 aliphatic heterocycles. The van der Waals surface area contributed by atoms with Gasteiger partial charge in [-0.1, -0.05) is 0 Å². The summed E-state index contributed by atoms with van der Waals surface area (Å²) in [4.78, 5) is 7.96. The van der Waals surface area contributed by atoms with Crippen molar-refractivity contribution in [2.24, 2.45) is 0 Å². The average molecular weight is 192 g/mol. The molecular formula is C6H4N6S. The van der Waals surface area contributed by atoms with Crippen molar-refractivity contribution in [1.29, 1.82) is 0 Å². The van der Waals surface area contributed by atoms with E-state index < -0.39 is 0 Å². The third-order valence-corrected chi connectivity index (χ3v) is 1.51. The molecule has 0 aromatic carbocycles. The van der Waals surface area contributed by atoms with E-state index in [1.807, 2.05) is 0 Å². The minimum atomic E-state index is 0.316. The van der Waals surface area contributed by atoms with Crippen LogP contribution in [0.15, 0.2) is 18.7 Å². The van der Waals surface area contributed by atoms with Crippen molar-refractivity contribution in [3.05, 3.63) is 23.5 Å². The van der Waals surface area contributed by atoms with Gasteiger partial charge in [0.05, 0.1) is 12.4 Å². The van der Waals surface area contributed by atoms with Gasteiger partial charge in [0.1, 0.15) is 17.7 Å². The molecule has 0 amide bonds. The minimum Gasteiger partial charge on any atom is -0.252 e. The van der Waals surface area contributed by atoms with Crippen LogP contribution in [0, 0.1) is 4.77 Å². The monoisotopic (exact) mass is 192 g/mol. The van der Waals surface area contributed by atoms with E-state index in [1.165, 1.54) is 18.7 Å². The highest BCUT2D eigenvalue weighted by Gasteiger charge is 1.99. The van der Waals surface area contributed by atoms with Crippen molar-refractivity contribution < 1.29 is 0 Å². The topological polar surface area (TPSA) is 80.2 Å². The van der Waals surface area contributed by atoms with Gasteiger partial charge in [-0.25, -0.2) is 9.97 Å². The van der Waals surface area contributed by atoms with Crippen LogP contribution < -0.4 is 0 Å². The fraction of sp³-hybridized carbons (Fsp3) is 0. The maximum absolute atomic E-state index is 4.81. The van der Waals surface area contributed by atoms with Crippen molar-refractivity contribution >= 4 is 12.2 Å². The second-order valence-electron chi connectivity index (χ2n) is 2.16. The Bertz CT molecular complexity index is 452. The van der Waals surface area contributed by atoms with Crippen LogP contribution >= 0.6 is 12.2 Å². The third kappa shape index (κ3) is 1.70. The first-order valence-corrected chi connectivity index (χ1v) is 3.82. The van der Waals surface area contributed by atoms with Gasteiger partial charge in [-0.05, 0) is 12.2 Å². The summed E-state index contributed by atoms with van der Waals surface area (Å²) in [6, 6.07) is 0. The molecule has 0 atom stereocenters. The molecule has 0 spiro atoms. The zero-order chi connectivity index (χ0) is 9.10. The van der Waals surface area contributed by atoms with Gasteiger partial charge in [0.15, 0.2) is 0 Å². The normalized spacial score (nSPS) is 9.85. The van der Waals surface area contributed by atoms with Crippen LogP contribution in [-0.2, 0) is 0 Å². The lowest BCUT2D eigenvalue weighted by molar-refractivity contribution is 0.931. The van der Waals surface area contributed by atoms with Crippen LogP contribution in [0.5, 0.6) is 0 Å². The number of aromatic amines is 1. The summed E-state index contributed by atoms with van der Waals surface area (Å²) in [5.41, 5.74) is 1.18. The fourth-order valence-electron chi connectivity index (χ4n) is 0.807. The minimum absolute atomic E-state index is 0.316. The molecule has 1 N–H and O–H groups in total. The van der Waals surface area contributed by atoms with E-state index in [1.54, 1.807) is 0 Å². The molecule has 2 aromatic heterocycles. The van der Waals surface area contributed by atoms with Crippen molar-refractivity contribution in [2.45, 2.75) is 0 Å². The van der Waals surface area contributed by atoms with Crippen molar-refractivity contribution in [3.63, 3.8) is 0 Å². The lowest BCUT2D eigenvalue weighted by atomic mass is 10.3. The molecule has 0 unspecified atom stereocenters. The molecule has 0 fully saturated rings. The maximum atomic E-state index is 4.81. The second kappa shape index (κ2) is 3.31. The van der Waals surface area contributed by atoms with Crippen molar-refractivity contribution in [1.82, 2.24) is 30.4 Å². The first-order valence-electron chi connectivity index (χ1n) is 3.41. The number of nitrogens with one attached hydrogen (secondary N) is 1. The van der Waals surface area contributed by atoms with Crippen LogP contribution in [0.3, 0.4) is 0 Å². The van der Waals surface area contributed by atoms with Crippen molar-refractivity contribution in [3.8, 4) is 11.4 Å². The van der Waals surface area contributed by atoms with Crippen LogP contribution in [0.1, 0.15) is 0 Å². The number of hydrogen-bond donors (Lipinski definition) is 1. The second-order valence-corrected chi connectivity index (χ2v) is 2.55. The number of H-pyrrole nitrogens is 1. The third-order valence-electron chi connectivity index (χ3n) is 1.33. The molecule has 7 heteroatoms. The molecule has 2 heterocycles. The molecule has 13 heavy (non-hydrogen) atoms. The van der Waals surface area contributed by atoms with E-state index in [0.29, 0.717) is 16.2 Å². The zero-order valence-electron chi connectivity index (χ0n) is 6.38. The first-order chi connectivity index (χ1) is 6.36. The Balaban J connectivity index is 2.54. The number of nitrogens with zero attached hydrogens (tertiary/aromatic N) is 5. The Morgan fingerprint density at radius 2 is 2.08 bits per heavy atom. The predicted octanol–water partition coefficient (Wildman–Crippen LogP) is 0.386. The quantitative estimate of drug-likeness (QED) is 0.658. The van der Waals surface area contributed by atoms with E-state index in [0.717, 1.165) is 0 Å². The Morgan fingerprint density at radius 3 is 2.77 bits per heavy atom. The van der Waals surface area contributed by atoms with Gasteiger partial charge in [-0.15, -0.1) is 5.10 Å². The van der Waals surface area contributed by atoms with E-state index in [9.17, 15) is 0 Å². The highest BCUT2D eigenvalue weighted by Crippen LogP contribution is 2.07. The number of aromatic nitrogens is 6. The molecule has 0 saturated carbocycles. The lowest BCUT2D eigenvalue weighted by Crippen LogP contribution is -1.93. The van der Waals surface area contributed by atoms with Gasteiger partial charge in [-0.3, -0.25) is 5.10 Å². The Hall–Kier alpha value is -1.76. The molecule has 2 rings (SSSR count). The molecule has 64 valence electrons. The summed E-state index contributed by atoms with van der Waals surface area (Å²) < 4.78 is 0.316. The van der Waals surface area contributed by atoms with Crippen LogP contribution in [-0.4, -0.2) is 30.4 Å². The average Bonchev–Trinajstić information content (AvgIpc) is 2.19. The SMILES string of the molecule is S=c1nc(-c2cnncn2)cn[nH]1. The first kappa shape index (κ1) is 7.87. The fourth-order valence-corrected chi connectivity index (χ4v) is 0.958. The molecule has 0 bridgehead atoms. The Labute approximate surface area is 78.1 Å². The molecule has 6 nitrogen and oxygen atoms in total. The standard InChI is InChI=1S/C6H4N6S/c13-6-11-5(2-9-12-6)4-1-8-10-3-7-4/h1-3H,(H,11,12,13). The van der Waals surface area contributed by atoms with Gasteiger partial charge in [0.25, 0.3) is 0 Å². The highest BCUT2D eigenvalue weighted by atomic mass is 32.1.